The normalized spacial score (nSPS) is 23.3. The summed E-state index contributed by atoms with van der Waals surface area (Å²) in [5, 5.41) is 3.53. The molecular weight excluding hydrogens is 330 g/mol. The summed E-state index contributed by atoms with van der Waals surface area (Å²) < 4.78 is 0.888. The summed E-state index contributed by atoms with van der Waals surface area (Å²) in [5.74, 6) is 0.167. The van der Waals surface area contributed by atoms with Gasteiger partial charge >= 0.3 is 6.03 Å². The molecule has 19 heavy (non-hydrogen) atoms. The van der Waals surface area contributed by atoms with Crippen LogP contribution < -0.4 is 5.32 Å². The van der Waals surface area contributed by atoms with E-state index in [0.717, 1.165) is 8.79 Å². The summed E-state index contributed by atoms with van der Waals surface area (Å²) in [5.41, 5.74) is -0.792. The third-order valence-electron chi connectivity index (χ3n) is 2.98. The third-order valence-corrected chi connectivity index (χ3v) is 4.44. The lowest BCUT2D eigenvalue weighted by Crippen LogP contribution is -2.44. The number of nitrogens with zero attached hydrogens (tertiary/aromatic N) is 2. The largest absolute Gasteiger partial charge is 0.325 e. The predicted molar refractivity (Wildman–Crippen MR) is 76.8 cm³/mol. The molecule has 1 N–H and O–H groups in total. The topological polar surface area (TPSA) is 62.3 Å². The molecule has 0 aromatic carbocycles. The van der Waals surface area contributed by atoms with Crippen molar-refractivity contribution in [1.29, 1.82) is 0 Å². The summed E-state index contributed by atoms with van der Waals surface area (Å²) in [6.45, 7) is 6.08. The van der Waals surface area contributed by atoms with Crippen molar-refractivity contribution in [2.45, 2.75) is 39.3 Å². The first-order valence-electron chi connectivity index (χ1n) is 6.06. The highest BCUT2D eigenvalue weighted by molar-refractivity contribution is 9.11. The summed E-state index contributed by atoms with van der Waals surface area (Å²) in [4.78, 5) is 29.7. The Hall–Kier alpha value is -0.950. The maximum absolute atomic E-state index is 12.4. The minimum absolute atomic E-state index is 0.169. The standard InChI is InChI=1S/C12H16BrN3O2S/c1-7(2)4-12(3)10(17)16(11(18)15-12)6-9-14-5-8(13)19-9/h5,7H,4,6H2,1-3H3,(H,15,18). The molecular formula is C12H16BrN3O2S. The number of hydrogen-bond acceptors (Lipinski definition) is 4. The lowest BCUT2D eigenvalue weighted by molar-refractivity contribution is -0.131. The van der Waals surface area contributed by atoms with E-state index in [0.29, 0.717) is 12.3 Å². The number of aromatic nitrogens is 1. The van der Waals surface area contributed by atoms with E-state index in [1.165, 1.54) is 16.2 Å². The molecule has 1 aromatic heterocycles. The van der Waals surface area contributed by atoms with E-state index in [1.54, 1.807) is 13.1 Å². The summed E-state index contributed by atoms with van der Waals surface area (Å²) in [7, 11) is 0. The van der Waals surface area contributed by atoms with Crippen molar-refractivity contribution in [2.24, 2.45) is 5.92 Å². The molecule has 1 aromatic rings. The molecule has 2 heterocycles. The van der Waals surface area contributed by atoms with Crippen molar-refractivity contribution >= 4 is 39.2 Å². The molecule has 1 atom stereocenters. The molecule has 0 saturated carbocycles. The number of urea groups is 1. The minimum Gasteiger partial charge on any atom is -0.323 e. The van der Waals surface area contributed by atoms with Crippen molar-refractivity contribution in [3.05, 3.63) is 15.0 Å². The Labute approximate surface area is 124 Å². The number of carbonyl (C=O) groups is 2. The Balaban J connectivity index is 2.14. The lowest BCUT2D eigenvalue weighted by Gasteiger charge is -2.23. The first-order chi connectivity index (χ1) is 8.82. The molecule has 1 aliphatic heterocycles. The Kier molecular flexibility index (Phi) is 3.96. The van der Waals surface area contributed by atoms with Crippen LogP contribution in [0.25, 0.3) is 0 Å². The van der Waals surface area contributed by atoms with Crippen LogP contribution in [0, 0.1) is 5.92 Å². The zero-order valence-electron chi connectivity index (χ0n) is 11.1. The highest BCUT2D eigenvalue weighted by Gasteiger charge is 2.47. The van der Waals surface area contributed by atoms with Crippen LogP contribution in [0.2, 0.25) is 0 Å². The number of halogens is 1. The summed E-state index contributed by atoms with van der Waals surface area (Å²) in [6.07, 6.45) is 2.31. The monoisotopic (exact) mass is 345 g/mol. The van der Waals surface area contributed by atoms with Gasteiger partial charge in [-0.3, -0.25) is 9.69 Å². The fourth-order valence-corrected chi connectivity index (χ4v) is 3.63. The van der Waals surface area contributed by atoms with Gasteiger partial charge in [0, 0.05) is 0 Å². The van der Waals surface area contributed by atoms with E-state index in [-0.39, 0.29) is 18.5 Å². The van der Waals surface area contributed by atoms with Crippen molar-refractivity contribution in [1.82, 2.24) is 15.2 Å². The van der Waals surface area contributed by atoms with Crippen LogP contribution in [-0.4, -0.2) is 27.4 Å². The van der Waals surface area contributed by atoms with Crippen molar-refractivity contribution in [3.8, 4) is 0 Å². The van der Waals surface area contributed by atoms with Crippen molar-refractivity contribution in [3.63, 3.8) is 0 Å². The molecule has 1 aliphatic rings. The highest BCUT2D eigenvalue weighted by Crippen LogP contribution is 2.27. The Morgan fingerprint density at radius 2 is 2.21 bits per heavy atom. The number of nitrogens with one attached hydrogen (secondary N) is 1. The third kappa shape index (κ3) is 2.97. The van der Waals surface area contributed by atoms with Gasteiger partial charge in [-0.15, -0.1) is 11.3 Å². The number of imide groups is 1. The van der Waals surface area contributed by atoms with E-state index < -0.39 is 5.54 Å². The smallest absolute Gasteiger partial charge is 0.323 e. The molecule has 104 valence electrons. The molecule has 3 amide bonds. The fourth-order valence-electron chi connectivity index (χ4n) is 2.34. The van der Waals surface area contributed by atoms with Crippen LogP contribution in [0.3, 0.4) is 0 Å². The predicted octanol–water partition coefficient (Wildman–Crippen LogP) is 2.76. The molecule has 5 nitrogen and oxygen atoms in total. The second-order valence-electron chi connectivity index (χ2n) is 5.31. The Bertz CT molecular complexity index is 517. The molecule has 0 radical (unpaired) electrons. The van der Waals surface area contributed by atoms with Gasteiger partial charge in [0.1, 0.15) is 10.5 Å². The van der Waals surface area contributed by atoms with Gasteiger partial charge in [-0.05, 0) is 35.2 Å². The van der Waals surface area contributed by atoms with Crippen LogP contribution in [-0.2, 0) is 11.3 Å². The van der Waals surface area contributed by atoms with Crippen LogP contribution >= 0.6 is 27.3 Å². The summed E-state index contributed by atoms with van der Waals surface area (Å²) in [6, 6.07) is -0.334. The van der Waals surface area contributed by atoms with Crippen LogP contribution in [0.4, 0.5) is 4.79 Å². The number of carbonyl (C=O) groups excluding carboxylic acids is 2. The molecule has 2 rings (SSSR count). The van der Waals surface area contributed by atoms with Gasteiger partial charge in [-0.2, -0.15) is 0 Å². The Morgan fingerprint density at radius 3 is 2.74 bits per heavy atom. The quantitative estimate of drug-likeness (QED) is 0.853. The van der Waals surface area contributed by atoms with Gasteiger partial charge in [-0.1, -0.05) is 13.8 Å². The fraction of sp³-hybridized carbons (Fsp3) is 0.583. The van der Waals surface area contributed by atoms with Gasteiger partial charge in [0.25, 0.3) is 5.91 Å². The number of amides is 3. The van der Waals surface area contributed by atoms with Gasteiger partial charge in [-0.25, -0.2) is 9.78 Å². The Morgan fingerprint density at radius 1 is 1.53 bits per heavy atom. The molecule has 0 aliphatic carbocycles. The second kappa shape index (κ2) is 5.20. The minimum atomic E-state index is -0.792. The van der Waals surface area contributed by atoms with Crippen LogP contribution in [0.1, 0.15) is 32.2 Å². The maximum atomic E-state index is 12.4. The van der Waals surface area contributed by atoms with Crippen molar-refractivity contribution in [2.75, 3.05) is 0 Å². The number of thiazole rings is 1. The molecule has 1 unspecified atom stereocenters. The van der Waals surface area contributed by atoms with E-state index in [9.17, 15) is 9.59 Å². The first kappa shape index (κ1) is 14.5. The van der Waals surface area contributed by atoms with Gasteiger partial charge < -0.3 is 5.32 Å². The van der Waals surface area contributed by atoms with E-state index >= 15 is 0 Å². The molecule has 1 saturated heterocycles. The van der Waals surface area contributed by atoms with E-state index in [2.05, 4.69) is 26.2 Å². The molecule has 0 bridgehead atoms. The van der Waals surface area contributed by atoms with Gasteiger partial charge in [0.05, 0.1) is 16.5 Å². The SMILES string of the molecule is CC(C)CC1(C)NC(=O)N(Cc2ncc(Br)s2)C1=O. The average molecular weight is 346 g/mol. The van der Waals surface area contributed by atoms with Crippen LogP contribution in [0.5, 0.6) is 0 Å². The van der Waals surface area contributed by atoms with Crippen LogP contribution in [0.15, 0.2) is 9.98 Å². The molecule has 1 fully saturated rings. The molecule has 7 heteroatoms. The highest BCUT2D eigenvalue weighted by atomic mass is 79.9. The zero-order valence-corrected chi connectivity index (χ0v) is 13.5. The average Bonchev–Trinajstić information content (AvgIpc) is 2.76. The van der Waals surface area contributed by atoms with Gasteiger partial charge in [0.15, 0.2) is 0 Å². The zero-order chi connectivity index (χ0) is 14.2. The maximum Gasteiger partial charge on any atom is 0.325 e. The van der Waals surface area contributed by atoms with E-state index in [4.69, 9.17) is 0 Å². The molecule has 0 spiro atoms. The second-order valence-corrected chi connectivity index (χ2v) is 7.80. The first-order valence-corrected chi connectivity index (χ1v) is 7.67. The number of hydrogen-bond donors (Lipinski definition) is 1. The van der Waals surface area contributed by atoms with Gasteiger partial charge in [0.2, 0.25) is 0 Å². The summed E-state index contributed by atoms with van der Waals surface area (Å²) >= 11 is 4.74. The van der Waals surface area contributed by atoms with Crippen molar-refractivity contribution < 1.29 is 9.59 Å². The lowest BCUT2D eigenvalue weighted by atomic mass is 9.91. The number of rotatable bonds is 4. The van der Waals surface area contributed by atoms with E-state index in [1.807, 2.05) is 13.8 Å².